The summed E-state index contributed by atoms with van der Waals surface area (Å²) in [6.45, 7) is 3.47. The van der Waals surface area contributed by atoms with Gasteiger partial charge in [0.1, 0.15) is 0 Å². The monoisotopic (exact) mass is 226 g/mol. The normalized spacial score (nSPS) is 39.8. The van der Waals surface area contributed by atoms with Gasteiger partial charge in [-0.2, -0.15) is 0 Å². The Labute approximate surface area is 99.3 Å². The van der Waals surface area contributed by atoms with Crippen molar-refractivity contribution in [3.63, 3.8) is 0 Å². The molecule has 0 bridgehead atoms. The maximum Gasteiger partial charge on any atom is 0.0601 e. The number of rotatable bonds is 4. The Bertz CT molecular complexity index is 208. The Balaban J connectivity index is 1.81. The zero-order chi connectivity index (χ0) is 11.5. The van der Waals surface area contributed by atoms with E-state index >= 15 is 0 Å². The third-order valence-corrected chi connectivity index (χ3v) is 4.45. The topological polar surface area (TPSA) is 38.5 Å². The minimum atomic E-state index is 0.461. The Hall–Kier alpha value is -0.120. The molecule has 0 saturated heterocycles. The highest BCUT2D eigenvalue weighted by Crippen LogP contribution is 2.32. The molecule has 0 spiro atoms. The van der Waals surface area contributed by atoms with E-state index in [0.717, 1.165) is 12.1 Å². The molecule has 0 aromatic carbocycles. The van der Waals surface area contributed by atoms with Gasteiger partial charge in [0.2, 0.25) is 0 Å². The van der Waals surface area contributed by atoms with E-state index in [1.807, 2.05) is 7.11 Å². The van der Waals surface area contributed by atoms with Gasteiger partial charge in [-0.1, -0.05) is 6.92 Å². The van der Waals surface area contributed by atoms with E-state index in [4.69, 9.17) is 10.5 Å². The number of nitrogens with two attached hydrogens (primary N) is 1. The molecule has 2 rings (SSSR count). The summed E-state index contributed by atoms with van der Waals surface area (Å²) in [6, 6.07) is 2.02. The molecule has 2 saturated carbocycles. The van der Waals surface area contributed by atoms with E-state index < -0.39 is 0 Å². The van der Waals surface area contributed by atoms with Crippen molar-refractivity contribution in [1.82, 2.24) is 4.90 Å². The predicted molar refractivity (Wildman–Crippen MR) is 66.4 cm³/mol. The van der Waals surface area contributed by atoms with Crippen LogP contribution in [-0.4, -0.2) is 42.8 Å². The summed E-state index contributed by atoms with van der Waals surface area (Å²) in [5.74, 6) is 0. The van der Waals surface area contributed by atoms with Crippen molar-refractivity contribution in [2.75, 3.05) is 13.7 Å². The van der Waals surface area contributed by atoms with Crippen LogP contribution >= 0.6 is 0 Å². The summed E-state index contributed by atoms with van der Waals surface area (Å²) in [4.78, 5) is 2.70. The first-order chi connectivity index (χ1) is 7.74. The van der Waals surface area contributed by atoms with Gasteiger partial charge in [-0.3, -0.25) is 4.90 Å². The van der Waals surface area contributed by atoms with Gasteiger partial charge in [0.05, 0.1) is 6.10 Å². The molecule has 0 radical (unpaired) electrons. The van der Waals surface area contributed by atoms with Gasteiger partial charge in [0.15, 0.2) is 0 Å². The summed E-state index contributed by atoms with van der Waals surface area (Å²) in [7, 11) is 1.83. The first-order valence-electron chi connectivity index (χ1n) is 6.78. The van der Waals surface area contributed by atoms with Crippen molar-refractivity contribution < 1.29 is 4.74 Å². The van der Waals surface area contributed by atoms with E-state index in [0.29, 0.717) is 12.1 Å². The Morgan fingerprint density at radius 3 is 2.25 bits per heavy atom. The second-order valence-corrected chi connectivity index (χ2v) is 5.38. The molecule has 16 heavy (non-hydrogen) atoms. The maximum absolute atomic E-state index is 5.97. The van der Waals surface area contributed by atoms with Gasteiger partial charge in [0.25, 0.3) is 0 Å². The summed E-state index contributed by atoms with van der Waals surface area (Å²) in [5, 5.41) is 0. The predicted octanol–water partition coefficient (Wildman–Crippen LogP) is 1.76. The molecule has 0 aromatic rings. The average Bonchev–Trinajstić information content (AvgIpc) is 2.24. The van der Waals surface area contributed by atoms with Gasteiger partial charge >= 0.3 is 0 Å². The lowest BCUT2D eigenvalue weighted by Crippen LogP contribution is -2.53. The van der Waals surface area contributed by atoms with E-state index in [1.54, 1.807) is 0 Å². The molecule has 3 nitrogen and oxygen atoms in total. The molecule has 2 aliphatic rings. The highest BCUT2D eigenvalue weighted by atomic mass is 16.5. The minimum absolute atomic E-state index is 0.461. The Morgan fingerprint density at radius 1 is 1.12 bits per heavy atom. The Kier molecular flexibility index (Phi) is 4.22. The second kappa shape index (κ2) is 5.48. The fourth-order valence-corrected chi connectivity index (χ4v) is 3.25. The van der Waals surface area contributed by atoms with E-state index in [9.17, 15) is 0 Å². The van der Waals surface area contributed by atoms with Crippen LogP contribution in [0, 0.1) is 0 Å². The zero-order valence-electron chi connectivity index (χ0n) is 10.7. The number of methoxy groups -OCH3 is 1. The molecule has 2 aliphatic carbocycles. The third-order valence-electron chi connectivity index (χ3n) is 4.45. The van der Waals surface area contributed by atoms with Gasteiger partial charge < -0.3 is 10.5 Å². The van der Waals surface area contributed by atoms with Gasteiger partial charge in [-0.05, 0) is 45.1 Å². The quantitative estimate of drug-likeness (QED) is 0.794. The standard InChI is InChI=1S/C13H26N2O/c1-3-15(12-8-13(9-12)16-2)11-6-4-10(14)5-7-11/h10-13H,3-9,14H2,1-2H3. The second-order valence-electron chi connectivity index (χ2n) is 5.38. The number of hydrogen-bond acceptors (Lipinski definition) is 3. The van der Waals surface area contributed by atoms with Crippen molar-refractivity contribution in [2.45, 2.75) is 69.7 Å². The maximum atomic E-state index is 5.97. The van der Waals surface area contributed by atoms with Crippen molar-refractivity contribution in [3.8, 4) is 0 Å². The smallest absolute Gasteiger partial charge is 0.0601 e. The lowest BCUT2D eigenvalue weighted by atomic mass is 9.83. The zero-order valence-corrected chi connectivity index (χ0v) is 10.7. The minimum Gasteiger partial charge on any atom is -0.381 e. The van der Waals surface area contributed by atoms with E-state index in [1.165, 1.54) is 45.1 Å². The third kappa shape index (κ3) is 2.58. The summed E-state index contributed by atoms with van der Waals surface area (Å²) in [5.41, 5.74) is 5.97. The molecule has 0 amide bonds. The van der Waals surface area contributed by atoms with Gasteiger partial charge in [0, 0.05) is 25.2 Å². The van der Waals surface area contributed by atoms with Crippen LogP contribution in [0.5, 0.6) is 0 Å². The number of nitrogens with zero attached hydrogens (tertiary/aromatic N) is 1. The molecule has 2 N–H and O–H groups in total. The van der Waals surface area contributed by atoms with Crippen LogP contribution in [0.1, 0.15) is 45.4 Å². The molecule has 94 valence electrons. The highest BCUT2D eigenvalue weighted by Gasteiger charge is 2.36. The highest BCUT2D eigenvalue weighted by molar-refractivity contribution is 4.92. The fraction of sp³-hybridized carbons (Fsp3) is 1.00. The fourth-order valence-electron chi connectivity index (χ4n) is 3.25. The largest absolute Gasteiger partial charge is 0.381 e. The van der Waals surface area contributed by atoms with Crippen molar-refractivity contribution in [1.29, 1.82) is 0 Å². The number of hydrogen-bond donors (Lipinski definition) is 1. The van der Waals surface area contributed by atoms with Crippen molar-refractivity contribution in [3.05, 3.63) is 0 Å². The van der Waals surface area contributed by atoms with Gasteiger partial charge in [-0.25, -0.2) is 0 Å². The van der Waals surface area contributed by atoms with Crippen LogP contribution in [0.3, 0.4) is 0 Å². The molecule has 0 aromatic heterocycles. The van der Waals surface area contributed by atoms with Crippen LogP contribution in [0.4, 0.5) is 0 Å². The molecular weight excluding hydrogens is 200 g/mol. The van der Waals surface area contributed by atoms with Crippen molar-refractivity contribution in [2.24, 2.45) is 5.73 Å². The summed E-state index contributed by atoms with van der Waals surface area (Å²) in [6.07, 6.45) is 7.99. The van der Waals surface area contributed by atoms with Crippen LogP contribution in [0.2, 0.25) is 0 Å². The van der Waals surface area contributed by atoms with Crippen molar-refractivity contribution >= 4 is 0 Å². The first-order valence-corrected chi connectivity index (χ1v) is 6.78. The Morgan fingerprint density at radius 2 is 1.75 bits per heavy atom. The molecule has 0 heterocycles. The summed E-state index contributed by atoms with van der Waals surface area (Å²) < 4.78 is 5.37. The van der Waals surface area contributed by atoms with E-state index in [2.05, 4.69) is 11.8 Å². The molecule has 2 fully saturated rings. The van der Waals surface area contributed by atoms with Crippen LogP contribution in [0.25, 0.3) is 0 Å². The van der Waals surface area contributed by atoms with Crippen LogP contribution in [0.15, 0.2) is 0 Å². The molecule has 3 heteroatoms. The number of ether oxygens (including phenoxy) is 1. The van der Waals surface area contributed by atoms with Crippen LogP contribution < -0.4 is 5.73 Å². The molecule has 0 atom stereocenters. The molecular formula is C13H26N2O. The SMILES string of the molecule is CCN(C1CCC(N)CC1)C1CC(OC)C1. The van der Waals surface area contributed by atoms with Crippen LogP contribution in [-0.2, 0) is 4.74 Å². The van der Waals surface area contributed by atoms with Gasteiger partial charge in [-0.15, -0.1) is 0 Å². The lowest BCUT2D eigenvalue weighted by Gasteiger charge is -2.47. The summed E-state index contributed by atoms with van der Waals surface area (Å²) >= 11 is 0. The average molecular weight is 226 g/mol. The molecule has 0 aliphatic heterocycles. The molecule has 0 unspecified atom stereocenters. The lowest BCUT2D eigenvalue weighted by molar-refractivity contribution is -0.0445. The first kappa shape index (κ1) is 12.3. The van der Waals surface area contributed by atoms with E-state index in [-0.39, 0.29) is 0 Å².